The van der Waals surface area contributed by atoms with Gasteiger partial charge in [-0.3, -0.25) is 4.79 Å². The number of nitrogens with two attached hydrogens (primary N) is 1. The number of carbonyl (C=O) groups is 1. The van der Waals surface area contributed by atoms with E-state index in [-0.39, 0.29) is 11.9 Å². The van der Waals surface area contributed by atoms with Crippen LogP contribution in [-0.4, -0.2) is 10.9 Å². The van der Waals surface area contributed by atoms with Crippen LogP contribution in [0.3, 0.4) is 0 Å². The first-order valence-corrected chi connectivity index (χ1v) is 6.36. The lowest BCUT2D eigenvalue weighted by molar-refractivity contribution is 0.0935. The largest absolute Gasteiger partial charge is 0.399 e. The summed E-state index contributed by atoms with van der Waals surface area (Å²) in [6, 6.07) is 9.13. The van der Waals surface area contributed by atoms with Crippen molar-refractivity contribution in [2.45, 2.75) is 13.0 Å². The Labute approximate surface area is 114 Å². The molecule has 0 aliphatic rings. The van der Waals surface area contributed by atoms with Crippen LogP contribution in [0.15, 0.2) is 41.0 Å². The first kappa shape index (κ1) is 12.7. The van der Waals surface area contributed by atoms with E-state index >= 15 is 0 Å². The molecule has 1 unspecified atom stereocenters. The zero-order chi connectivity index (χ0) is 13.1. The van der Waals surface area contributed by atoms with E-state index in [1.165, 1.54) is 0 Å². The lowest BCUT2D eigenvalue weighted by atomic mass is 10.1. The van der Waals surface area contributed by atoms with Crippen LogP contribution in [0.5, 0.6) is 0 Å². The Morgan fingerprint density at radius 1 is 1.39 bits per heavy atom. The van der Waals surface area contributed by atoms with Crippen molar-refractivity contribution in [3.05, 3.63) is 52.3 Å². The number of amides is 1. The average Bonchev–Trinajstić information content (AvgIpc) is 2.76. The first-order chi connectivity index (χ1) is 8.56. The molecular formula is C13H14BrN3O. The molecule has 0 radical (unpaired) electrons. The average molecular weight is 308 g/mol. The molecule has 0 aliphatic carbocycles. The maximum atomic E-state index is 11.9. The molecule has 1 amide bonds. The number of halogens is 1. The van der Waals surface area contributed by atoms with Gasteiger partial charge in [-0.25, -0.2) is 0 Å². The molecule has 1 heterocycles. The Morgan fingerprint density at radius 3 is 2.61 bits per heavy atom. The predicted molar refractivity (Wildman–Crippen MR) is 75.2 cm³/mol. The van der Waals surface area contributed by atoms with Gasteiger partial charge in [0.25, 0.3) is 5.91 Å². The summed E-state index contributed by atoms with van der Waals surface area (Å²) in [4.78, 5) is 14.8. The Kier molecular flexibility index (Phi) is 3.72. The van der Waals surface area contributed by atoms with Crippen molar-refractivity contribution in [2.24, 2.45) is 0 Å². The Morgan fingerprint density at radius 2 is 2.06 bits per heavy atom. The van der Waals surface area contributed by atoms with Crippen LogP contribution < -0.4 is 11.1 Å². The first-order valence-electron chi connectivity index (χ1n) is 5.56. The van der Waals surface area contributed by atoms with E-state index in [9.17, 15) is 4.79 Å². The Bertz CT molecular complexity index is 548. The third-order valence-electron chi connectivity index (χ3n) is 2.68. The number of rotatable bonds is 3. The lowest BCUT2D eigenvalue weighted by Crippen LogP contribution is -2.26. The minimum atomic E-state index is -0.134. The highest BCUT2D eigenvalue weighted by atomic mass is 79.9. The van der Waals surface area contributed by atoms with Crippen molar-refractivity contribution < 1.29 is 4.79 Å². The Hall–Kier alpha value is -1.75. The zero-order valence-corrected chi connectivity index (χ0v) is 11.5. The molecule has 2 rings (SSSR count). The molecule has 1 atom stereocenters. The van der Waals surface area contributed by atoms with Crippen molar-refractivity contribution in [3.63, 3.8) is 0 Å². The predicted octanol–water partition coefficient (Wildman–Crippen LogP) is 2.85. The van der Waals surface area contributed by atoms with Crippen LogP contribution in [0, 0.1) is 0 Å². The monoisotopic (exact) mass is 307 g/mol. The molecule has 5 heteroatoms. The van der Waals surface area contributed by atoms with Gasteiger partial charge in [0.05, 0.1) is 6.04 Å². The summed E-state index contributed by atoms with van der Waals surface area (Å²) in [5.41, 5.74) is 7.89. The highest BCUT2D eigenvalue weighted by molar-refractivity contribution is 9.10. The molecule has 1 aromatic carbocycles. The van der Waals surface area contributed by atoms with Gasteiger partial charge in [0, 0.05) is 16.4 Å². The molecule has 1 aromatic heterocycles. The fraction of sp³-hybridized carbons (Fsp3) is 0.154. The molecule has 2 aromatic rings. The van der Waals surface area contributed by atoms with Crippen molar-refractivity contribution in [2.75, 3.05) is 5.73 Å². The van der Waals surface area contributed by atoms with Crippen molar-refractivity contribution in [3.8, 4) is 0 Å². The third-order valence-corrected chi connectivity index (χ3v) is 3.13. The number of H-pyrrole nitrogens is 1. The number of aromatic amines is 1. The highest BCUT2D eigenvalue weighted by Gasteiger charge is 2.12. The molecule has 18 heavy (non-hydrogen) atoms. The summed E-state index contributed by atoms with van der Waals surface area (Å²) >= 11 is 3.29. The van der Waals surface area contributed by atoms with E-state index in [0.29, 0.717) is 11.4 Å². The quantitative estimate of drug-likeness (QED) is 0.763. The number of carbonyl (C=O) groups excluding carboxylic acids is 1. The number of benzene rings is 1. The summed E-state index contributed by atoms with van der Waals surface area (Å²) in [5, 5.41) is 2.91. The summed E-state index contributed by atoms with van der Waals surface area (Å²) in [6.45, 7) is 1.93. The molecule has 0 fully saturated rings. The summed E-state index contributed by atoms with van der Waals surface area (Å²) in [7, 11) is 0. The van der Waals surface area contributed by atoms with Gasteiger partial charge in [0.2, 0.25) is 0 Å². The number of nitrogen functional groups attached to an aromatic ring is 1. The second kappa shape index (κ2) is 5.27. The van der Waals surface area contributed by atoms with Crippen LogP contribution in [0.4, 0.5) is 5.69 Å². The van der Waals surface area contributed by atoms with E-state index in [2.05, 4.69) is 26.2 Å². The number of aromatic nitrogens is 1. The number of hydrogen-bond donors (Lipinski definition) is 3. The van der Waals surface area contributed by atoms with E-state index in [4.69, 9.17) is 5.73 Å². The standard InChI is InChI=1S/C13H14BrN3O/c1-8(9-2-4-11(15)5-3-9)17-13(18)12-6-10(14)7-16-12/h2-8,16H,15H2,1H3,(H,17,18). The van der Waals surface area contributed by atoms with Gasteiger partial charge in [0.15, 0.2) is 0 Å². The summed E-state index contributed by atoms with van der Waals surface area (Å²) < 4.78 is 0.854. The lowest BCUT2D eigenvalue weighted by Gasteiger charge is -2.13. The molecule has 0 spiro atoms. The van der Waals surface area contributed by atoms with Crippen LogP contribution >= 0.6 is 15.9 Å². The molecule has 0 saturated heterocycles. The molecule has 0 aliphatic heterocycles. The zero-order valence-electron chi connectivity index (χ0n) is 9.91. The van der Waals surface area contributed by atoms with Gasteiger partial charge in [-0.2, -0.15) is 0 Å². The summed E-state index contributed by atoms with van der Waals surface area (Å²) in [5.74, 6) is -0.134. The van der Waals surface area contributed by atoms with E-state index in [1.807, 2.05) is 31.2 Å². The Balaban J connectivity index is 2.05. The number of anilines is 1. The minimum Gasteiger partial charge on any atom is -0.399 e. The second-order valence-corrected chi connectivity index (χ2v) is 5.01. The van der Waals surface area contributed by atoms with Gasteiger partial charge < -0.3 is 16.0 Å². The van der Waals surface area contributed by atoms with Crippen LogP contribution in [0.1, 0.15) is 29.0 Å². The molecule has 0 bridgehead atoms. The molecule has 0 saturated carbocycles. The second-order valence-electron chi connectivity index (χ2n) is 4.09. The van der Waals surface area contributed by atoms with E-state index < -0.39 is 0 Å². The molecule has 4 N–H and O–H groups in total. The van der Waals surface area contributed by atoms with Crippen molar-refractivity contribution in [1.82, 2.24) is 10.3 Å². The van der Waals surface area contributed by atoms with Gasteiger partial charge in [-0.05, 0) is 46.6 Å². The van der Waals surface area contributed by atoms with E-state index in [1.54, 1.807) is 12.3 Å². The smallest absolute Gasteiger partial charge is 0.268 e. The van der Waals surface area contributed by atoms with Gasteiger partial charge in [-0.1, -0.05) is 12.1 Å². The van der Waals surface area contributed by atoms with Crippen LogP contribution in [0.25, 0.3) is 0 Å². The van der Waals surface area contributed by atoms with Crippen molar-refractivity contribution >= 4 is 27.5 Å². The fourth-order valence-electron chi connectivity index (χ4n) is 1.64. The SMILES string of the molecule is CC(NC(=O)c1cc(Br)c[nH]1)c1ccc(N)cc1. The minimum absolute atomic E-state index is 0.0693. The maximum Gasteiger partial charge on any atom is 0.268 e. The highest BCUT2D eigenvalue weighted by Crippen LogP contribution is 2.16. The summed E-state index contributed by atoms with van der Waals surface area (Å²) in [6.07, 6.45) is 1.72. The molecule has 4 nitrogen and oxygen atoms in total. The maximum absolute atomic E-state index is 11.9. The van der Waals surface area contributed by atoms with E-state index in [0.717, 1.165) is 10.0 Å². The normalized spacial score (nSPS) is 12.1. The van der Waals surface area contributed by atoms with Crippen LogP contribution in [-0.2, 0) is 0 Å². The van der Waals surface area contributed by atoms with Gasteiger partial charge in [0.1, 0.15) is 5.69 Å². The number of hydrogen-bond acceptors (Lipinski definition) is 2. The van der Waals surface area contributed by atoms with Gasteiger partial charge >= 0.3 is 0 Å². The third kappa shape index (κ3) is 2.92. The van der Waals surface area contributed by atoms with Crippen LogP contribution in [0.2, 0.25) is 0 Å². The fourth-order valence-corrected chi connectivity index (χ4v) is 1.98. The van der Waals surface area contributed by atoms with Gasteiger partial charge in [-0.15, -0.1) is 0 Å². The topological polar surface area (TPSA) is 70.9 Å². The molecule has 94 valence electrons. The molecular weight excluding hydrogens is 294 g/mol. The number of nitrogens with one attached hydrogen (secondary N) is 2. The van der Waals surface area contributed by atoms with Crippen molar-refractivity contribution in [1.29, 1.82) is 0 Å².